The SMILES string of the molecule is CCCCC(=O)C[C@@H](CCCN=C(N)N[N+](=O)[O-])C(=O)N[C@@H](CC(C)C)B1O[C@@H]2C[C@@H]3C[C@@H](C3(C)C)[C@]2(C)O1. The molecule has 4 rings (SSSR count). The molecular weight excluding hydrogens is 501 g/mol. The van der Waals surface area contributed by atoms with Crippen LogP contribution < -0.4 is 16.5 Å². The van der Waals surface area contributed by atoms with Gasteiger partial charge in [0.05, 0.1) is 17.6 Å². The quantitative estimate of drug-likeness (QED) is 0.0700. The van der Waals surface area contributed by atoms with Gasteiger partial charge in [-0.05, 0) is 68.6 Å². The number of rotatable bonds is 15. The highest BCUT2D eigenvalue weighted by atomic mass is 16.7. The molecule has 0 aromatic heterocycles. The lowest BCUT2D eigenvalue weighted by Crippen LogP contribution is -2.65. The maximum atomic E-state index is 13.6. The molecule has 1 amide bonds. The van der Waals surface area contributed by atoms with Gasteiger partial charge in [-0.2, -0.15) is 0 Å². The van der Waals surface area contributed by atoms with Crippen molar-refractivity contribution in [2.75, 3.05) is 6.54 Å². The van der Waals surface area contributed by atoms with Crippen molar-refractivity contribution in [2.45, 2.75) is 117 Å². The summed E-state index contributed by atoms with van der Waals surface area (Å²) in [6.07, 6.45) is 6.02. The standard InChI is InChI=1S/C27H48BN5O6/c1-7-8-11-20(34)14-18(10-9-12-30-25(29)32-33(36)37)24(35)31-23(13-17(2)3)28-38-22-16-19-15-21(26(19,4)5)27(22,6)39-28/h17-19,21-23H,7-16H2,1-6H3,(H,31,35)(H3,29,30,32)/t18-,19+,21+,22-,23+,27+/m1/s1. The minimum atomic E-state index is -0.773. The Kier molecular flexibility index (Phi) is 10.4. The van der Waals surface area contributed by atoms with E-state index in [1.807, 2.05) is 12.3 Å². The molecule has 0 radical (unpaired) electrons. The Labute approximate surface area is 233 Å². The first-order valence-corrected chi connectivity index (χ1v) is 14.6. The normalized spacial score (nSPS) is 28.8. The van der Waals surface area contributed by atoms with Gasteiger partial charge in [-0.1, -0.05) is 46.5 Å². The van der Waals surface area contributed by atoms with Gasteiger partial charge in [-0.15, -0.1) is 0 Å². The highest BCUT2D eigenvalue weighted by Crippen LogP contribution is 2.65. The summed E-state index contributed by atoms with van der Waals surface area (Å²) in [6, 6.07) is 0. The van der Waals surface area contributed by atoms with Crippen LogP contribution in [0.4, 0.5) is 0 Å². The number of hydrogen-bond donors (Lipinski definition) is 3. The molecule has 4 fully saturated rings. The van der Waals surface area contributed by atoms with E-state index < -0.39 is 18.1 Å². The first-order chi connectivity index (χ1) is 18.3. The van der Waals surface area contributed by atoms with Crippen LogP contribution in [0.3, 0.4) is 0 Å². The first-order valence-electron chi connectivity index (χ1n) is 14.6. The van der Waals surface area contributed by atoms with Crippen molar-refractivity contribution in [3.8, 4) is 0 Å². The maximum Gasteiger partial charge on any atom is 0.481 e. The second kappa shape index (κ2) is 13.0. The minimum absolute atomic E-state index is 0.0216. The van der Waals surface area contributed by atoms with E-state index in [4.69, 9.17) is 15.0 Å². The second-order valence-electron chi connectivity index (χ2n) is 12.9. The Hall–Kier alpha value is -2.21. The van der Waals surface area contributed by atoms with Crippen LogP contribution in [0.2, 0.25) is 0 Å². The van der Waals surface area contributed by atoms with Gasteiger partial charge < -0.3 is 20.4 Å². The lowest BCUT2D eigenvalue weighted by atomic mass is 9.43. The Morgan fingerprint density at radius 2 is 1.95 bits per heavy atom. The first kappa shape index (κ1) is 31.3. The number of nitrogens with zero attached hydrogens (tertiary/aromatic N) is 2. The number of unbranched alkanes of at least 4 members (excludes halogenated alkanes) is 1. The predicted octanol–water partition coefficient (Wildman–Crippen LogP) is 3.43. The number of hydrogen-bond acceptors (Lipinski definition) is 7. The van der Waals surface area contributed by atoms with E-state index in [2.05, 4.69) is 44.9 Å². The molecule has 1 heterocycles. The predicted molar refractivity (Wildman–Crippen MR) is 150 cm³/mol. The maximum absolute atomic E-state index is 13.6. The molecule has 11 nitrogen and oxygen atoms in total. The summed E-state index contributed by atoms with van der Waals surface area (Å²) in [5.74, 6) is 0.0869. The molecule has 4 N–H and O–H groups in total. The van der Waals surface area contributed by atoms with Gasteiger partial charge in [0, 0.05) is 25.3 Å². The number of nitrogens with two attached hydrogens (primary N) is 1. The summed E-state index contributed by atoms with van der Waals surface area (Å²) in [5, 5.41) is 12.9. The van der Waals surface area contributed by atoms with Crippen LogP contribution in [0.15, 0.2) is 4.99 Å². The van der Waals surface area contributed by atoms with Gasteiger partial charge in [0.15, 0.2) is 5.03 Å². The highest BCUT2D eigenvalue weighted by Gasteiger charge is 2.68. The number of guanidine groups is 1. The summed E-state index contributed by atoms with van der Waals surface area (Å²) < 4.78 is 13.2. The number of carbonyl (C=O) groups is 2. The summed E-state index contributed by atoms with van der Waals surface area (Å²) >= 11 is 0. The zero-order valence-electron chi connectivity index (χ0n) is 24.5. The Bertz CT molecular complexity index is 930. The number of amides is 1. The van der Waals surface area contributed by atoms with E-state index in [1.165, 1.54) is 0 Å². The largest absolute Gasteiger partial charge is 0.481 e. The van der Waals surface area contributed by atoms with Crippen LogP contribution in [-0.4, -0.2) is 54.0 Å². The van der Waals surface area contributed by atoms with Crippen LogP contribution in [0, 0.1) is 39.2 Å². The molecule has 1 aliphatic heterocycles. The van der Waals surface area contributed by atoms with Gasteiger partial charge in [-0.25, -0.2) is 15.1 Å². The molecule has 220 valence electrons. The summed E-state index contributed by atoms with van der Waals surface area (Å²) in [5.41, 5.74) is 7.16. The number of ketones is 1. The molecule has 6 atom stereocenters. The van der Waals surface area contributed by atoms with Crippen molar-refractivity contribution in [1.82, 2.24) is 10.7 Å². The average molecular weight is 550 g/mol. The number of nitrogens with one attached hydrogen (secondary N) is 2. The molecule has 39 heavy (non-hydrogen) atoms. The number of carbonyl (C=O) groups excluding carboxylic acids is 2. The molecule has 4 aliphatic rings. The molecule has 12 heteroatoms. The zero-order valence-corrected chi connectivity index (χ0v) is 24.5. The van der Waals surface area contributed by atoms with Crippen molar-refractivity contribution in [2.24, 2.45) is 39.8 Å². The topological polar surface area (TPSA) is 158 Å². The van der Waals surface area contributed by atoms with Crippen LogP contribution in [-0.2, 0) is 18.9 Å². The number of nitro groups is 1. The summed E-state index contributed by atoms with van der Waals surface area (Å²) in [4.78, 5) is 40.7. The second-order valence-corrected chi connectivity index (χ2v) is 12.9. The van der Waals surface area contributed by atoms with Crippen molar-refractivity contribution < 1.29 is 23.9 Å². The molecule has 2 bridgehead atoms. The third-order valence-corrected chi connectivity index (χ3v) is 9.20. The van der Waals surface area contributed by atoms with Crippen LogP contribution in [0.1, 0.15) is 99.3 Å². The van der Waals surface area contributed by atoms with Gasteiger partial charge in [0.2, 0.25) is 5.91 Å². The summed E-state index contributed by atoms with van der Waals surface area (Å²) in [6.45, 7) is 13.3. The number of Topliss-reactive ketones (excluding diaryl/α,β-unsaturated/α-hetero) is 1. The van der Waals surface area contributed by atoms with E-state index in [0.29, 0.717) is 43.4 Å². The van der Waals surface area contributed by atoms with Gasteiger partial charge in [0.1, 0.15) is 5.78 Å². The zero-order chi connectivity index (χ0) is 29.0. The Morgan fingerprint density at radius 3 is 2.56 bits per heavy atom. The highest BCUT2D eigenvalue weighted by molar-refractivity contribution is 6.47. The van der Waals surface area contributed by atoms with E-state index in [-0.39, 0.29) is 53.7 Å². The van der Waals surface area contributed by atoms with E-state index in [1.54, 1.807) is 0 Å². The van der Waals surface area contributed by atoms with E-state index in [9.17, 15) is 19.7 Å². The molecule has 0 spiro atoms. The number of aliphatic imine (C=N–C) groups is 1. The third-order valence-electron chi connectivity index (χ3n) is 9.20. The van der Waals surface area contributed by atoms with Crippen molar-refractivity contribution in [3.05, 3.63) is 10.1 Å². The lowest BCUT2D eigenvalue weighted by molar-refractivity contribution is -0.525. The van der Waals surface area contributed by atoms with Crippen LogP contribution >= 0.6 is 0 Å². The summed E-state index contributed by atoms with van der Waals surface area (Å²) in [7, 11) is -0.532. The van der Waals surface area contributed by atoms with Crippen LogP contribution in [0.5, 0.6) is 0 Å². The molecule has 3 aliphatic carbocycles. The molecule has 3 saturated carbocycles. The Balaban J connectivity index is 1.68. The van der Waals surface area contributed by atoms with Gasteiger partial charge in [0.25, 0.3) is 5.96 Å². The number of hydrazine groups is 1. The van der Waals surface area contributed by atoms with Crippen molar-refractivity contribution >= 4 is 24.8 Å². The smallest absolute Gasteiger partial charge is 0.404 e. The molecule has 0 aromatic rings. The fourth-order valence-corrected chi connectivity index (χ4v) is 6.86. The lowest BCUT2D eigenvalue weighted by Gasteiger charge is -2.64. The fourth-order valence-electron chi connectivity index (χ4n) is 6.86. The van der Waals surface area contributed by atoms with Crippen molar-refractivity contribution in [3.63, 3.8) is 0 Å². The van der Waals surface area contributed by atoms with Gasteiger partial charge in [-0.3, -0.25) is 9.59 Å². The monoisotopic (exact) mass is 549 g/mol. The third kappa shape index (κ3) is 7.51. The van der Waals surface area contributed by atoms with Gasteiger partial charge >= 0.3 is 7.12 Å². The molecule has 0 aromatic carbocycles. The van der Waals surface area contributed by atoms with E-state index in [0.717, 1.165) is 25.7 Å². The average Bonchev–Trinajstić information content (AvgIpc) is 3.20. The molecule has 1 saturated heterocycles. The minimum Gasteiger partial charge on any atom is -0.404 e. The molecule has 0 unspecified atom stereocenters. The van der Waals surface area contributed by atoms with Crippen molar-refractivity contribution in [1.29, 1.82) is 0 Å². The van der Waals surface area contributed by atoms with Crippen LogP contribution in [0.25, 0.3) is 0 Å². The molecular formula is C27H48BN5O6. The fraction of sp³-hybridized carbons (Fsp3) is 0.889. The Morgan fingerprint density at radius 1 is 1.23 bits per heavy atom. The van der Waals surface area contributed by atoms with E-state index >= 15 is 0 Å².